The van der Waals surface area contributed by atoms with Crippen molar-refractivity contribution in [3.05, 3.63) is 100.0 Å². The van der Waals surface area contributed by atoms with Crippen LogP contribution < -0.4 is 14.4 Å². The molecular weight excluding hydrogens is 518 g/mol. The van der Waals surface area contributed by atoms with Gasteiger partial charge in [-0.05, 0) is 52.9 Å². The van der Waals surface area contributed by atoms with Gasteiger partial charge in [0.15, 0.2) is 23.0 Å². The number of aliphatic hydroxyl groups excluding tert-OH is 1. The fourth-order valence-corrected chi connectivity index (χ4v) is 5.21. The van der Waals surface area contributed by atoms with Crippen LogP contribution in [0.15, 0.2) is 82.5 Å². The van der Waals surface area contributed by atoms with Crippen molar-refractivity contribution >= 4 is 39.9 Å². The molecule has 0 radical (unpaired) electrons. The third kappa shape index (κ3) is 4.33. The number of anilines is 1. The molecule has 0 saturated heterocycles. The largest absolute Gasteiger partial charge is 0.503 e. The second-order valence-electron chi connectivity index (χ2n) is 10.7. The molecule has 0 saturated carbocycles. The van der Waals surface area contributed by atoms with Gasteiger partial charge in [0.2, 0.25) is 5.78 Å². The van der Waals surface area contributed by atoms with Crippen LogP contribution in [0.4, 0.5) is 5.69 Å². The number of hydrogen-bond donors (Lipinski definition) is 1. The highest BCUT2D eigenvalue weighted by molar-refractivity contribution is 6.31. The minimum absolute atomic E-state index is 0.00181. The molecule has 1 aromatic heterocycles. The van der Waals surface area contributed by atoms with Crippen LogP contribution in [0.5, 0.6) is 11.5 Å². The molecule has 1 unspecified atom stereocenters. The molecule has 198 valence electrons. The number of aliphatic hydroxyl groups is 1. The van der Waals surface area contributed by atoms with Gasteiger partial charge >= 0.3 is 0 Å². The van der Waals surface area contributed by atoms with E-state index in [9.17, 15) is 14.7 Å². The van der Waals surface area contributed by atoms with E-state index >= 15 is 0 Å². The Hall–Kier alpha value is -4.23. The lowest BCUT2D eigenvalue weighted by Gasteiger charge is -2.29. The summed E-state index contributed by atoms with van der Waals surface area (Å²) in [5, 5.41) is 12.3. The Bertz CT molecular complexity index is 1660. The second-order valence-corrected chi connectivity index (χ2v) is 11.1. The average Bonchev–Trinajstić information content (AvgIpc) is 3.46. The normalized spacial score (nSPS) is 17.3. The highest BCUT2D eigenvalue weighted by Gasteiger charge is 2.45. The summed E-state index contributed by atoms with van der Waals surface area (Å²) in [7, 11) is 0. The SMILES string of the molecule is CC(C)(C)c1ccc(C2C(C(=O)c3cc4cc(Cl)ccc4o3)=C(O)C(=O)N2c2ccc3c(c2)OCCO3)cc1. The summed E-state index contributed by atoms with van der Waals surface area (Å²) in [5.41, 5.74) is 2.53. The minimum atomic E-state index is -0.904. The molecule has 8 heteroatoms. The van der Waals surface area contributed by atoms with E-state index in [-0.39, 0.29) is 16.7 Å². The first-order valence-corrected chi connectivity index (χ1v) is 13.0. The summed E-state index contributed by atoms with van der Waals surface area (Å²) in [6.45, 7) is 7.14. The Morgan fingerprint density at radius 3 is 2.38 bits per heavy atom. The number of hydrogen-bond acceptors (Lipinski definition) is 6. The topological polar surface area (TPSA) is 89.2 Å². The Morgan fingerprint density at radius 2 is 1.67 bits per heavy atom. The third-order valence-corrected chi connectivity index (χ3v) is 7.29. The first-order valence-electron chi connectivity index (χ1n) is 12.6. The maximum atomic E-state index is 13.9. The number of carbonyl (C=O) groups excluding carboxylic acids is 2. The van der Waals surface area contributed by atoms with Gasteiger partial charge in [0, 0.05) is 22.2 Å². The van der Waals surface area contributed by atoms with Crippen molar-refractivity contribution in [1.82, 2.24) is 0 Å². The van der Waals surface area contributed by atoms with Crippen LogP contribution in [0.25, 0.3) is 11.0 Å². The number of carbonyl (C=O) groups is 2. The first-order chi connectivity index (χ1) is 18.6. The van der Waals surface area contributed by atoms with Gasteiger partial charge in [-0.3, -0.25) is 14.5 Å². The molecule has 7 nitrogen and oxygen atoms in total. The molecule has 1 N–H and O–H groups in total. The van der Waals surface area contributed by atoms with Crippen LogP contribution in [0.1, 0.15) is 48.5 Å². The zero-order valence-electron chi connectivity index (χ0n) is 21.7. The predicted octanol–water partition coefficient (Wildman–Crippen LogP) is 6.94. The van der Waals surface area contributed by atoms with E-state index in [1.807, 2.05) is 24.3 Å². The van der Waals surface area contributed by atoms with E-state index in [4.69, 9.17) is 25.5 Å². The van der Waals surface area contributed by atoms with Crippen LogP contribution in [0.3, 0.4) is 0 Å². The summed E-state index contributed by atoms with van der Waals surface area (Å²) < 4.78 is 17.2. The lowest BCUT2D eigenvalue weighted by atomic mass is 9.85. The molecular formula is C31H26ClNO6. The van der Waals surface area contributed by atoms with Gasteiger partial charge in [-0.2, -0.15) is 0 Å². The first kappa shape index (κ1) is 25.1. The molecule has 1 atom stereocenters. The molecule has 0 spiro atoms. The maximum absolute atomic E-state index is 13.9. The lowest BCUT2D eigenvalue weighted by Crippen LogP contribution is -2.31. The number of ketones is 1. The summed E-state index contributed by atoms with van der Waals surface area (Å²) >= 11 is 6.12. The standard InChI is InChI=1S/C31H26ClNO6/c1-31(2,3)19-6-4-17(5-7-19)27-26(28(34)25-15-18-14-20(32)8-10-22(18)39-25)29(35)30(36)33(27)21-9-11-23-24(16-21)38-13-12-37-23/h4-11,14-16,27,35H,12-13H2,1-3H3. The molecule has 3 aromatic carbocycles. The quantitative estimate of drug-likeness (QED) is 0.280. The number of fused-ring (bicyclic) bond motifs is 2. The molecule has 39 heavy (non-hydrogen) atoms. The Balaban J connectivity index is 1.48. The molecule has 2 aliphatic rings. The maximum Gasteiger partial charge on any atom is 0.294 e. The van der Waals surface area contributed by atoms with Crippen molar-refractivity contribution in [2.75, 3.05) is 18.1 Å². The Kier molecular flexibility index (Phi) is 5.92. The number of benzene rings is 3. The van der Waals surface area contributed by atoms with Crippen LogP contribution in [0, 0.1) is 0 Å². The fourth-order valence-electron chi connectivity index (χ4n) is 5.03. The molecule has 4 aromatic rings. The monoisotopic (exact) mass is 543 g/mol. The molecule has 0 fully saturated rings. The van der Waals surface area contributed by atoms with E-state index < -0.39 is 23.5 Å². The highest BCUT2D eigenvalue weighted by Crippen LogP contribution is 2.45. The number of nitrogens with zero attached hydrogens (tertiary/aromatic N) is 1. The summed E-state index contributed by atoms with van der Waals surface area (Å²) in [4.78, 5) is 28.9. The number of rotatable bonds is 4. The van der Waals surface area contributed by atoms with Gasteiger partial charge in [0.25, 0.3) is 5.91 Å². The fraction of sp³-hybridized carbons (Fsp3) is 0.226. The van der Waals surface area contributed by atoms with Gasteiger partial charge in [0.1, 0.15) is 18.8 Å². The summed E-state index contributed by atoms with van der Waals surface area (Å²) in [5.74, 6) is -0.851. The minimum Gasteiger partial charge on any atom is -0.503 e. The van der Waals surface area contributed by atoms with Gasteiger partial charge in [-0.15, -0.1) is 0 Å². The zero-order valence-corrected chi connectivity index (χ0v) is 22.4. The van der Waals surface area contributed by atoms with E-state index in [0.717, 1.165) is 5.56 Å². The molecule has 3 heterocycles. The molecule has 6 rings (SSSR count). The van der Waals surface area contributed by atoms with Crippen molar-refractivity contribution in [1.29, 1.82) is 0 Å². The van der Waals surface area contributed by atoms with Crippen molar-refractivity contribution in [2.45, 2.75) is 32.2 Å². The third-order valence-electron chi connectivity index (χ3n) is 7.05. The van der Waals surface area contributed by atoms with Crippen molar-refractivity contribution in [3.8, 4) is 11.5 Å². The van der Waals surface area contributed by atoms with E-state index in [1.54, 1.807) is 42.5 Å². The van der Waals surface area contributed by atoms with Crippen LogP contribution in [0.2, 0.25) is 5.02 Å². The van der Waals surface area contributed by atoms with Crippen molar-refractivity contribution in [2.24, 2.45) is 0 Å². The van der Waals surface area contributed by atoms with E-state index in [0.29, 0.717) is 52.0 Å². The molecule has 0 aliphatic carbocycles. The lowest BCUT2D eigenvalue weighted by molar-refractivity contribution is -0.117. The summed E-state index contributed by atoms with van der Waals surface area (Å²) in [6, 6.07) is 18.5. The van der Waals surface area contributed by atoms with Gasteiger partial charge in [-0.25, -0.2) is 0 Å². The Morgan fingerprint density at radius 1 is 0.949 bits per heavy atom. The average molecular weight is 544 g/mol. The number of furan rings is 1. The highest BCUT2D eigenvalue weighted by atomic mass is 35.5. The van der Waals surface area contributed by atoms with E-state index in [2.05, 4.69) is 20.8 Å². The van der Waals surface area contributed by atoms with Crippen LogP contribution >= 0.6 is 11.6 Å². The van der Waals surface area contributed by atoms with Gasteiger partial charge < -0.3 is 19.0 Å². The predicted molar refractivity (Wildman–Crippen MR) is 148 cm³/mol. The zero-order chi connectivity index (χ0) is 27.5. The molecule has 2 aliphatic heterocycles. The number of halogens is 1. The number of ether oxygens (including phenoxy) is 2. The van der Waals surface area contributed by atoms with Crippen LogP contribution in [-0.2, 0) is 10.2 Å². The van der Waals surface area contributed by atoms with Gasteiger partial charge in [0.05, 0.1) is 11.6 Å². The van der Waals surface area contributed by atoms with E-state index in [1.165, 1.54) is 4.90 Å². The summed E-state index contributed by atoms with van der Waals surface area (Å²) in [6.07, 6.45) is 0. The number of Topliss-reactive ketones (excluding diaryl/α,β-unsaturated/α-hetero) is 1. The Labute approximate surface area is 230 Å². The second kappa shape index (κ2) is 9.20. The van der Waals surface area contributed by atoms with Gasteiger partial charge in [-0.1, -0.05) is 56.6 Å². The van der Waals surface area contributed by atoms with Crippen molar-refractivity contribution in [3.63, 3.8) is 0 Å². The molecule has 0 bridgehead atoms. The molecule has 1 amide bonds. The smallest absolute Gasteiger partial charge is 0.294 e. The van der Waals surface area contributed by atoms with Crippen molar-refractivity contribution < 1.29 is 28.6 Å². The van der Waals surface area contributed by atoms with Crippen LogP contribution in [-0.4, -0.2) is 30.0 Å². The number of amides is 1.